The first-order chi connectivity index (χ1) is 54.7. The van der Waals surface area contributed by atoms with Gasteiger partial charge in [-0.2, -0.15) is 0 Å². The second kappa shape index (κ2) is 26.9. The van der Waals surface area contributed by atoms with Gasteiger partial charge in [0.1, 0.15) is 0 Å². The van der Waals surface area contributed by atoms with Crippen LogP contribution in [0.5, 0.6) is 0 Å². The molecule has 17 aromatic rings. The summed E-state index contributed by atoms with van der Waals surface area (Å²) in [5.41, 5.74) is 35.8. The van der Waals surface area contributed by atoms with E-state index in [1.807, 2.05) is 0 Å². The zero-order valence-electron chi connectivity index (χ0n) is 60.3. The number of nitrogens with zero attached hydrogens (tertiary/aromatic N) is 6. The molecule has 17 aromatic carbocycles. The van der Waals surface area contributed by atoms with Gasteiger partial charge in [-0.3, -0.25) is 0 Å². The maximum atomic E-state index is 2.66. The molecule has 110 heavy (non-hydrogen) atoms. The van der Waals surface area contributed by atoms with Gasteiger partial charge in [-0.1, -0.05) is 309 Å². The highest BCUT2D eigenvalue weighted by atomic mass is 15.2. The highest BCUT2D eigenvalue weighted by molar-refractivity contribution is 7.03. The molecule has 0 saturated carbocycles. The molecule has 0 aromatic heterocycles. The van der Waals surface area contributed by atoms with Crippen LogP contribution in [0.15, 0.2) is 425 Å². The third kappa shape index (κ3) is 10.6. The smallest absolute Gasteiger partial charge is 0.252 e. The molecule has 0 amide bonds. The Bertz CT molecular complexity index is 5730. The van der Waals surface area contributed by atoms with Crippen molar-refractivity contribution in [2.24, 2.45) is 0 Å². The molecule has 4 aliphatic heterocycles. The van der Waals surface area contributed by atoms with Crippen molar-refractivity contribution in [1.82, 2.24) is 0 Å². The first-order valence-corrected chi connectivity index (χ1v) is 38.0. The molecule has 0 unspecified atom stereocenters. The first kappa shape index (κ1) is 64.1. The molecule has 0 N–H and O–H groups in total. The molecule has 0 atom stereocenters. The molecule has 4 heterocycles. The molecule has 21 rings (SSSR count). The van der Waals surface area contributed by atoms with Crippen LogP contribution >= 0.6 is 0 Å². The maximum Gasteiger partial charge on any atom is 0.252 e. The van der Waals surface area contributed by atoms with Gasteiger partial charge in [0.05, 0.1) is 22.7 Å². The number of benzene rings is 17. The van der Waals surface area contributed by atoms with Crippen LogP contribution in [0.3, 0.4) is 0 Å². The van der Waals surface area contributed by atoms with Gasteiger partial charge in [0.2, 0.25) is 0 Å². The number of fused-ring (bicyclic) bond motifs is 8. The van der Waals surface area contributed by atoms with E-state index in [0.29, 0.717) is 0 Å². The Morgan fingerprint density at radius 1 is 0.173 bits per heavy atom. The lowest BCUT2D eigenvalue weighted by molar-refractivity contribution is 1.21. The number of para-hydroxylation sites is 10. The summed E-state index contributed by atoms with van der Waals surface area (Å²) in [6.07, 6.45) is 0. The lowest BCUT2D eigenvalue weighted by Gasteiger charge is -2.48. The van der Waals surface area contributed by atoms with Crippen molar-refractivity contribution in [3.8, 4) is 44.5 Å². The van der Waals surface area contributed by atoms with Crippen LogP contribution < -0.4 is 62.2 Å². The molecule has 0 saturated heterocycles. The Morgan fingerprint density at radius 3 is 0.727 bits per heavy atom. The van der Waals surface area contributed by atoms with Crippen LogP contribution in [-0.4, -0.2) is 13.4 Å². The quantitative estimate of drug-likeness (QED) is 0.100. The van der Waals surface area contributed by atoms with Gasteiger partial charge in [-0.15, -0.1) is 0 Å². The highest BCUT2D eigenvalue weighted by Gasteiger charge is 2.50. The van der Waals surface area contributed by atoms with Gasteiger partial charge < -0.3 is 29.4 Å². The third-order valence-corrected chi connectivity index (χ3v) is 22.5. The van der Waals surface area contributed by atoms with Crippen molar-refractivity contribution in [2.75, 3.05) is 29.4 Å². The predicted molar refractivity (Wildman–Crippen MR) is 466 cm³/mol. The van der Waals surface area contributed by atoms with E-state index in [1.54, 1.807) is 0 Å². The van der Waals surface area contributed by atoms with E-state index in [0.717, 1.165) is 147 Å². The normalized spacial score (nSPS) is 12.6. The van der Waals surface area contributed by atoms with Crippen molar-refractivity contribution >= 4 is 149 Å². The van der Waals surface area contributed by atoms with E-state index < -0.39 is 0 Å². The van der Waals surface area contributed by atoms with Crippen LogP contribution in [0.1, 0.15) is 0 Å². The SMILES string of the molecule is c1ccc(-c2cccc(-c3ccccc3)c2N2c3ccccc3B3c4cc5c(cc4N(c4ccccc4)c4cc(N(c6ccccc6)c6ccccc6)cc2c43)N(c2ccccc2)c2cc(N(c3ccccc3)c3ccccc3)cc3c2B5c2ccccc2N3c2c(-c3ccccc3)cccc2-c2ccccc2)cc1. The summed E-state index contributed by atoms with van der Waals surface area (Å²) in [5, 5.41) is 0. The van der Waals surface area contributed by atoms with Crippen molar-refractivity contribution in [1.29, 1.82) is 0 Å². The summed E-state index contributed by atoms with van der Waals surface area (Å²) in [5.74, 6) is 0. The van der Waals surface area contributed by atoms with Gasteiger partial charge in [0, 0.05) is 102 Å². The summed E-state index contributed by atoms with van der Waals surface area (Å²) >= 11 is 0. The molecule has 0 bridgehead atoms. The molecule has 4 aliphatic rings. The van der Waals surface area contributed by atoms with Gasteiger partial charge >= 0.3 is 0 Å². The Morgan fingerprint density at radius 2 is 0.427 bits per heavy atom. The molecule has 0 fully saturated rings. The second-order valence-electron chi connectivity index (χ2n) is 28.6. The van der Waals surface area contributed by atoms with Crippen LogP contribution in [-0.2, 0) is 0 Å². The monoisotopic (exact) mass is 1400 g/mol. The fourth-order valence-electron chi connectivity index (χ4n) is 18.0. The molecule has 0 radical (unpaired) electrons. The zero-order chi connectivity index (χ0) is 72.6. The van der Waals surface area contributed by atoms with E-state index in [4.69, 9.17) is 0 Å². The second-order valence-corrected chi connectivity index (χ2v) is 28.6. The third-order valence-electron chi connectivity index (χ3n) is 22.5. The van der Waals surface area contributed by atoms with Gasteiger partial charge in [0.25, 0.3) is 13.4 Å². The van der Waals surface area contributed by atoms with Crippen molar-refractivity contribution in [2.45, 2.75) is 0 Å². The minimum Gasteiger partial charge on any atom is -0.311 e. The highest BCUT2D eigenvalue weighted by Crippen LogP contribution is 2.56. The van der Waals surface area contributed by atoms with Gasteiger partial charge in [-0.25, -0.2) is 0 Å². The van der Waals surface area contributed by atoms with E-state index in [1.165, 1.54) is 32.8 Å². The van der Waals surface area contributed by atoms with Gasteiger partial charge in [-0.05, 0) is 170 Å². The Hall–Kier alpha value is -14.3. The molecule has 8 heteroatoms. The Kier molecular flexibility index (Phi) is 15.7. The fraction of sp³-hybridized carbons (Fsp3) is 0. The molecule has 514 valence electrons. The molecule has 0 spiro atoms. The van der Waals surface area contributed by atoms with E-state index in [-0.39, 0.29) is 13.4 Å². The Labute approximate surface area is 643 Å². The van der Waals surface area contributed by atoms with E-state index >= 15 is 0 Å². The first-order valence-electron chi connectivity index (χ1n) is 38.0. The summed E-state index contributed by atoms with van der Waals surface area (Å²) in [4.78, 5) is 15.4. The average Bonchev–Trinajstić information content (AvgIpc) is 0.681. The fourth-order valence-corrected chi connectivity index (χ4v) is 18.0. The molecule has 6 nitrogen and oxygen atoms in total. The zero-order valence-corrected chi connectivity index (χ0v) is 60.3. The topological polar surface area (TPSA) is 19.4 Å². The minimum absolute atomic E-state index is 0.270. The van der Waals surface area contributed by atoms with E-state index in [9.17, 15) is 0 Å². The minimum atomic E-state index is -0.270. The Balaban J connectivity index is 0.898. The molecular formula is C102H70B2N6. The van der Waals surface area contributed by atoms with Crippen LogP contribution in [0.25, 0.3) is 44.5 Å². The van der Waals surface area contributed by atoms with Crippen molar-refractivity contribution < 1.29 is 0 Å². The summed E-state index contributed by atoms with van der Waals surface area (Å²) in [7, 11) is 0. The maximum absolute atomic E-state index is 2.66. The lowest BCUT2D eigenvalue weighted by Crippen LogP contribution is -2.65. The van der Waals surface area contributed by atoms with E-state index in [2.05, 4.69) is 454 Å². The predicted octanol–water partition coefficient (Wildman–Crippen LogP) is 23.5. The van der Waals surface area contributed by atoms with Crippen molar-refractivity contribution in [3.05, 3.63) is 425 Å². The van der Waals surface area contributed by atoms with Crippen LogP contribution in [0.2, 0.25) is 0 Å². The molecular weight excluding hydrogens is 1330 g/mol. The number of rotatable bonds is 14. The largest absolute Gasteiger partial charge is 0.311 e. The summed E-state index contributed by atoms with van der Waals surface area (Å²) < 4.78 is 0. The number of hydrogen-bond acceptors (Lipinski definition) is 6. The standard InChI is InChI=1S/C102H70B2N6/c1-11-37-71(38-12-1)83-57-35-58-84(72-39-13-2-14-40-72)101(83)109-91-63-33-31-61-87(91)103-89-69-90-94(70-93(89)107(79-53-27-9-28-54-79)95-65-81(67-97(109)99(95)103)105(75-45-19-5-20-46-75)76-47-21-6-22-48-76)108(80-55-29-10-30-56-80)96-66-82(106(77-49-23-7-24-50-77)78-51-25-8-26-52-78)68-98-100(96)104(90)88-62-32-34-64-92(88)110(98)102-85(73-41-15-3-16-42-73)59-36-60-86(102)74-43-17-4-18-44-74/h1-70H. The van der Waals surface area contributed by atoms with Gasteiger partial charge in [0.15, 0.2) is 0 Å². The summed E-state index contributed by atoms with van der Waals surface area (Å²) in [6.45, 7) is -0.541. The van der Waals surface area contributed by atoms with Crippen LogP contribution in [0.4, 0.5) is 102 Å². The number of hydrogen-bond donors (Lipinski definition) is 0. The number of anilines is 18. The summed E-state index contributed by atoms with van der Waals surface area (Å²) in [6, 6.07) is 157. The average molecular weight is 1400 g/mol. The molecule has 0 aliphatic carbocycles. The van der Waals surface area contributed by atoms with Crippen LogP contribution in [0, 0.1) is 0 Å². The van der Waals surface area contributed by atoms with Crippen molar-refractivity contribution in [3.63, 3.8) is 0 Å². The lowest BCUT2D eigenvalue weighted by atomic mass is 9.30.